The molecule has 0 fully saturated rings. The van der Waals surface area contributed by atoms with E-state index < -0.39 is 0 Å². The fourth-order valence-corrected chi connectivity index (χ4v) is 6.95. The van der Waals surface area contributed by atoms with Crippen molar-refractivity contribution in [3.63, 3.8) is 0 Å². The second kappa shape index (κ2) is 12.2. The molecule has 0 aliphatic carbocycles. The minimum Gasteiger partial charge on any atom is -0.120 e. The van der Waals surface area contributed by atoms with Crippen molar-refractivity contribution in [2.45, 2.75) is 41.5 Å². The Kier molecular flexibility index (Phi) is 9.96. The second-order valence-corrected chi connectivity index (χ2v) is 11.7. The SMILES string of the molecule is Cc1ccc2c3c4ccccc4c(C)cc3[c-](C)c2c1.Cc1ccc2c3c4ccccc4c(C)cc3[c-](C)c2c1.[Rf].[Rf].[Rf].[Rf].[Rf].[Rf].[Rf].[Rf].[Rf]. The molecule has 0 heterocycles. The number of aryl methyl sites for hydroxylation is 6. The van der Waals surface area contributed by atoms with E-state index in [4.69, 9.17) is 0 Å². The summed E-state index contributed by atoms with van der Waals surface area (Å²) < 4.78 is 0. The number of hydrogen-bond acceptors (Lipinski definition) is 0. The van der Waals surface area contributed by atoms with E-state index in [1.807, 2.05) is 0 Å². The Morgan fingerprint density at radius 3 is 0.959 bits per heavy atom. The van der Waals surface area contributed by atoms with E-state index in [1.54, 1.807) is 0 Å². The zero-order valence-corrected chi connectivity index (χ0v) is 88.2. The molecule has 0 aliphatic heterocycles. The first-order valence-electron chi connectivity index (χ1n) is 14.3. The third kappa shape index (κ3) is 4.47. The van der Waals surface area contributed by atoms with Gasteiger partial charge in [0.25, 0.3) is 0 Å². The molecule has 0 saturated heterocycles. The Labute approximate surface area is 236 Å². The molecule has 9 heteroatoms. The van der Waals surface area contributed by atoms with Gasteiger partial charge >= 0.3 is 0 Å². The van der Waals surface area contributed by atoms with Crippen molar-refractivity contribution in [2.24, 2.45) is 0 Å². The third-order valence-corrected chi connectivity index (χ3v) is 9.01. The third-order valence-electron chi connectivity index (χ3n) is 9.01. The van der Waals surface area contributed by atoms with Crippen LogP contribution in [0.15, 0.2) is 97.1 Å². The number of hydrogen-bond donors (Lipinski definition) is 0. The molecule has 8 aromatic carbocycles. The van der Waals surface area contributed by atoms with Crippen molar-refractivity contribution in [2.75, 3.05) is 0 Å². The topological polar surface area (TPSA) is 0 Å². The molecule has 0 bridgehead atoms. The van der Waals surface area contributed by atoms with Crippen molar-refractivity contribution in [3.8, 4) is 0 Å². The summed E-state index contributed by atoms with van der Waals surface area (Å²) >= 11 is 0. The molecule has 0 atom stereocenters. The van der Waals surface area contributed by atoms with Crippen molar-refractivity contribution in [3.05, 3.63) is 130 Å². The van der Waals surface area contributed by atoms with E-state index in [0.29, 0.717) is 0 Å². The van der Waals surface area contributed by atoms with E-state index in [-0.39, 0.29) is 0 Å². The maximum atomic E-state index is 2.35. The summed E-state index contributed by atoms with van der Waals surface area (Å²) in [5, 5.41) is 16.7. The average Bonchev–Trinajstić information content (AvgIpc) is 3.39. The van der Waals surface area contributed by atoms with Crippen LogP contribution in [0.1, 0.15) is 33.4 Å². The monoisotopic (exact) mass is 2920 g/mol. The smallest absolute Gasteiger partial charge is 0 e. The second-order valence-electron chi connectivity index (χ2n) is 11.7. The number of fused-ring (bicyclic) bond motifs is 10. The molecule has 8 aromatic rings. The standard InChI is InChI=1S/2C20H17.9Rf/c2*1-12-8-9-17-18(10-12)14(3)19-11-13(2)15-6-4-5-7-16(15)20(17)19;;;;;;;;;/h2*4-11H,1-3H3;;;;;;;;;/q2*-1;;;;;;;;;. The average molecular weight is 2920 g/mol. The maximum Gasteiger partial charge on any atom is 0 e. The molecule has 214 valence electrons. The molecular formula is C40H34Rf9-2. The van der Waals surface area contributed by atoms with Crippen LogP contribution in [0, 0.1) is 41.5 Å². The summed E-state index contributed by atoms with van der Waals surface area (Å²) in [7, 11) is 0. The Hall–Kier alpha value is -13.4. The first kappa shape index (κ1) is 40.1. The molecule has 0 nitrogen and oxygen atoms in total. The summed E-state index contributed by atoms with van der Waals surface area (Å²) in [6.45, 7) is 13.3. The van der Waals surface area contributed by atoms with Gasteiger partial charge in [-0.05, 0) is 38.5 Å². The normalized spacial score (nSPS) is 9.59. The largest absolute Gasteiger partial charge is 0.120 e. The van der Waals surface area contributed by atoms with E-state index >= 15 is 0 Å². The van der Waals surface area contributed by atoms with Gasteiger partial charge in [0.15, 0.2) is 0 Å². The fraction of sp³-hybridized carbons (Fsp3) is 0.150. The number of benzene rings is 6. The molecule has 49 heavy (non-hydrogen) atoms. The molecular weight excluding hydrogens is 2880 g/mol. The first-order chi connectivity index (χ1) is 19.3. The Bertz CT molecular complexity index is 2130. The molecule has 0 N–H and O–H groups in total. The van der Waals surface area contributed by atoms with Crippen molar-refractivity contribution in [1.29, 1.82) is 0 Å². The van der Waals surface area contributed by atoms with Gasteiger partial charge in [-0.15, -0.1) is 78.5 Å². The quantitative estimate of drug-likeness (QED) is 0.133. The van der Waals surface area contributed by atoms with Crippen LogP contribution in [0.3, 0.4) is 0 Å². The van der Waals surface area contributed by atoms with Gasteiger partial charge in [0, 0.05) is 0 Å². The summed E-state index contributed by atoms with van der Waals surface area (Å²) in [4.78, 5) is 0. The molecule has 0 aliphatic rings. The van der Waals surface area contributed by atoms with Gasteiger partial charge in [0.05, 0.1) is 0 Å². The van der Waals surface area contributed by atoms with Crippen LogP contribution in [-0.2, 0) is 0 Å². The van der Waals surface area contributed by atoms with Crippen molar-refractivity contribution >= 4 is 64.6 Å². The molecule has 0 radical (unpaired) electrons. The summed E-state index contributed by atoms with van der Waals surface area (Å²) in [6, 6.07) is 35.8. The van der Waals surface area contributed by atoms with Crippen LogP contribution >= 0.6 is 0 Å². The first-order valence-corrected chi connectivity index (χ1v) is 14.3. The molecule has 0 spiro atoms. The van der Waals surface area contributed by atoms with Gasteiger partial charge in [-0.25, -0.2) is 0 Å². The fourth-order valence-electron chi connectivity index (χ4n) is 6.95. The Balaban J connectivity index is -0.000000730. The zero-order chi connectivity index (χ0) is 27.7. The Morgan fingerprint density at radius 1 is 0.327 bits per heavy atom. The van der Waals surface area contributed by atoms with Gasteiger partial charge in [-0.3, -0.25) is 0 Å². The summed E-state index contributed by atoms with van der Waals surface area (Å²) in [5.74, 6) is 0. The van der Waals surface area contributed by atoms with E-state index in [2.05, 4.69) is 139 Å². The summed E-state index contributed by atoms with van der Waals surface area (Å²) in [5.41, 5.74) is 8.21. The minimum absolute atomic E-state index is 0. The van der Waals surface area contributed by atoms with Gasteiger partial charge in [0.1, 0.15) is 0 Å². The van der Waals surface area contributed by atoms with Crippen molar-refractivity contribution in [1.82, 2.24) is 0 Å². The predicted octanol–water partition coefficient (Wildman–Crippen LogP) is 11.6. The molecule has 0 unspecified atom stereocenters. The van der Waals surface area contributed by atoms with E-state index in [1.165, 1.54) is 98.0 Å². The zero-order valence-electron chi connectivity index (χ0n) is 30.6. The van der Waals surface area contributed by atoms with Gasteiger partial charge in [-0.2, -0.15) is 0 Å². The summed E-state index contributed by atoms with van der Waals surface area (Å²) in [6.07, 6.45) is 0. The van der Waals surface area contributed by atoms with Gasteiger partial charge in [0.2, 0.25) is 0 Å². The van der Waals surface area contributed by atoms with Crippen LogP contribution in [0.25, 0.3) is 64.6 Å². The maximum absolute atomic E-state index is 2.35. The molecule has 0 aromatic heterocycles. The van der Waals surface area contributed by atoms with Crippen LogP contribution in [0.5, 0.6) is 0 Å². The van der Waals surface area contributed by atoms with Crippen LogP contribution in [0.4, 0.5) is 0 Å². The van der Waals surface area contributed by atoms with Gasteiger partial charge < -0.3 is 0 Å². The minimum atomic E-state index is 0. The van der Waals surface area contributed by atoms with Crippen LogP contribution < -0.4 is 0 Å². The van der Waals surface area contributed by atoms with Gasteiger partial charge in [-0.1, -0.05) is 120 Å². The van der Waals surface area contributed by atoms with E-state index in [9.17, 15) is 0 Å². The van der Waals surface area contributed by atoms with Crippen LogP contribution in [-0.4, -0.2) is 0 Å². The predicted molar refractivity (Wildman–Crippen MR) is 178 cm³/mol. The number of rotatable bonds is 0. The van der Waals surface area contributed by atoms with E-state index in [0.717, 1.165) is 0 Å². The molecule has 0 saturated carbocycles. The van der Waals surface area contributed by atoms with Crippen LogP contribution in [0.2, 0.25) is 0 Å². The molecule has 8 rings (SSSR count). The van der Waals surface area contributed by atoms with Crippen molar-refractivity contribution < 1.29 is 0 Å². The Morgan fingerprint density at radius 2 is 0.633 bits per heavy atom. The molecule has 0 amide bonds.